The summed E-state index contributed by atoms with van der Waals surface area (Å²) in [6.45, 7) is 6.63. The van der Waals surface area contributed by atoms with Gasteiger partial charge in [-0.1, -0.05) is 31.2 Å². The Labute approximate surface area is 121 Å². The molecule has 3 nitrogen and oxygen atoms in total. The largest absolute Gasteiger partial charge is 0.315 e. The van der Waals surface area contributed by atoms with E-state index < -0.39 is 0 Å². The van der Waals surface area contributed by atoms with Crippen molar-refractivity contribution in [1.82, 2.24) is 15.2 Å². The highest BCUT2D eigenvalue weighted by molar-refractivity contribution is 5.81. The van der Waals surface area contributed by atoms with E-state index in [1.165, 1.54) is 30.3 Å². The zero-order valence-corrected chi connectivity index (χ0v) is 12.2. The summed E-state index contributed by atoms with van der Waals surface area (Å²) < 4.78 is 0. The van der Waals surface area contributed by atoms with E-state index in [1.54, 1.807) is 0 Å². The number of hydrogen-bond acceptors (Lipinski definition) is 3. The van der Waals surface area contributed by atoms with Crippen LogP contribution in [0.2, 0.25) is 0 Å². The van der Waals surface area contributed by atoms with Gasteiger partial charge in [-0.05, 0) is 37.6 Å². The van der Waals surface area contributed by atoms with Gasteiger partial charge in [0.25, 0.3) is 0 Å². The lowest BCUT2D eigenvalue weighted by molar-refractivity contribution is 0.166. The predicted octanol–water partition coefficient (Wildman–Crippen LogP) is 2.81. The second-order valence-corrected chi connectivity index (χ2v) is 5.56. The fraction of sp³-hybridized carbons (Fsp3) is 0.471. The number of piperidine rings is 1. The Morgan fingerprint density at radius 1 is 1.30 bits per heavy atom. The second-order valence-electron chi connectivity index (χ2n) is 5.56. The summed E-state index contributed by atoms with van der Waals surface area (Å²) in [7, 11) is 0. The molecule has 1 fully saturated rings. The lowest BCUT2D eigenvalue weighted by Crippen LogP contribution is -2.45. The van der Waals surface area contributed by atoms with Crippen molar-refractivity contribution in [2.75, 3.05) is 19.6 Å². The number of para-hydroxylation sites is 1. The molecule has 1 atom stereocenters. The number of nitrogens with zero attached hydrogens (tertiary/aromatic N) is 2. The van der Waals surface area contributed by atoms with E-state index in [4.69, 9.17) is 0 Å². The minimum atomic E-state index is 0.660. The van der Waals surface area contributed by atoms with Gasteiger partial charge >= 0.3 is 0 Å². The molecule has 0 aliphatic carbocycles. The van der Waals surface area contributed by atoms with Gasteiger partial charge in [0, 0.05) is 30.7 Å². The first-order valence-electron chi connectivity index (χ1n) is 7.66. The van der Waals surface area contributed by atoms with Gasteiger partial charge in [-0.2, -0.15) is 0 Å². The summed E-state index contributed by atoms with van der Waals surface area (Å²) in [6, 6.07) is 11.3. The zero-order valence-electron chi connectivity index (χ0n) is 12.2. The van der Waals surface area contributed by atoms with E-state index in [-0.39, 0.29) is 0 Å². The van der Waals surface area contributed by atoms with Gasteiger partial charge < -0.3 is 5.32 Å². The van der Waals surface area contributed by atoms with Gasteiger partial charge in [-0.25, -0.2) is 0 Å². The molecule has 1 aromatic carbocycles. The molecule has 0 saturated carbocycles. The van der Waals surface area contributed by atoms with E-state index in [1.807, 2.05) is 12.3 Å². The minimum Gasteiger partial charge on any atom is -0.315 e. The van der Waals surface area contributed by atoms with Crippen LogP contribution in [0.25, 0.3) is 10.9 Å². The van der Waals surface area contributed by atoms with Crippen molar-refractivity contribution < 1.29 is 0 Å². The van der Waals surface area contributed by atoms with Gasteiger partial charge in [0.05, 0.1) is 5.52 Å². The average molecular weight is 269 g/mol. The maximum absolute atomic E-state index is 4.57. The van der Waals surface area contributed by atoms with E-state index in [9.17, 15) is 0 Å². The molecule has 1 aromatic heterocycles. The summed E-state index contributed by atoms with van der Waals surface area (Å²) in [4.78, 5) is 7.15. The number of aromatic nitrogens is 1. The highest BCUT2D eigenvalue weighted by atomic mass is 15.2. The predicted molar refractivity (Wildman–Crippen MR) is 83.7 cm³/mol. The highest BCUT2D eigenvalue weighted by Crippen LogP contribution is 2.20. The normalized spacial score (nSPS) is 19.6. The topological polar surface area (TPSA) is 28.2 Å². The summed E-state index contributed by atoms with van der Waals surface area (Å²) >= 11 is 0. The van der Waals surface area contributed by atoms with Crippen molar-refractivity contribution in [2.24, 2.45) is 0 Å². The number of hydrogen-bond donors (Lipinski definition) is 1. The molecule has 1 unspecified atom stereocenters. The number of nitrogens with one attached hydrogen (secondary N) is 1. The molecule has 1 aliphatic rings. The summed E-state index contributed by atoms with van der Waals surface area (Å²) in [5, 5.41) is 4.75. The quantitative estimate of drug-likeness (QED) is 0.925. The maximum atomic E-state index is 4.57. The Hall–Kier alpha value is -1.45. The van der Waals surface area contributed by atoms with E-state index in [0.29, 0.717) is 6.04 Å². The summed E-state index contributed by atoms with van der Waals surface area (Å²) in [5.74, 6) is 0. The van der Waals surface area contributed by atoms with Crippen LogP contribution in [0.4, 0.5) is 0 Å². The molecule has 2 heterocycles. The van der Waals surface area contributed by atoms with E-state index in [0.717, 1.165) is 25.2 Å². The molecule has 2 aromatic rings. The molecule has 20 heavy (non-hydrogen) atoms. The molecule has 3 heteroatoms. The molecule has 0 bridgehead atoms. The van der Waals surface area contributed by atoms with Gasteiger partial charge in [-0.15, -0.1) is 0 Å². The van der Waals surface area contributed by atoms with Crippen molar-refractivity contribution >= 4 is 10.9 Å². The summed E-state index contributed by atoms with van der Waals surface area (Å²) in [6.07, 6.45) is 4.48. The van der Waals surface area contributed by atoms with E-state index in [2.05, 4.69) is 46.4 Å². The standard InChI is InChI=1S/C17H23N3/c1-2-20(16-9-5-10-18-12-16)13-15-7-3-6-14-8-4-11-19-17(14)15/h3-4,6-8,11,16,18H,2,5,9-10,12-13H2,1H3. The van der Waals surface area contributed by atoms with Gasteiger partial charge in [0.15, 0.2) is 0 Å². The number of pyridine rings is 1. The van der Waals surface area contributed by atoms with Crippen LogP contribution in [0, 0.1) is 0 Å². The van der Waals surface area contributed by atoms with Crippen LogP contribution < -0.4 is 5.32 Å². The third-order valence-corrected chi connectivity index (χ3v) is 4.28. The Morgan fingerprint density at radius 3 is 3.00 bits per heavy atom. The van der Waals surface area contributed by atoms with Crippen molar-refractivity contribution in [3.63, 3.8) is 0 Å². The van der Waals surface area contributed by atoms with Gasteiger partial charge in [0.2, 0.25) is 0 Å². The fourth-order valence-corrected chi connectivity index (χ4v) is 3.16. The van der Waals surface area contributed by atoms with Crippen LogP contribution in [-0.4, -0.2) is 35.6 Å². The molecule has 1 N–H and O–H groups in total. The van der Waals surface area contributed by atoms with Crippen LogP contribution in [0.15, 0.2) is 36.5 Å². The molecule has 1 aliphatic heterocycles. The summed E-state index contributed by atoms with van der Waals surface area (Å²) in [5.41, 5.74) is 2.49. The lowest BCUT2D eigenvalue weighted by Gasteiger charge is -2.34. The minimum absolute atomic E-state index is 0.660. The van der Waals surface area contributed by atoms with Crippen LogP contribution >= 0.6 is 0 Å². The maximum Gasteiger partial charge on any atom is 0.0746 e. The molecule has 3 rings (SSSR count). The number of fused-ring (bicyclic) bond motifs is 1. The van der Waals surface area contributed by atoms with Crippen LogP contribution in [0.1, 0.15) is 25.3 Å². The average Bonchev–Trinajstić information content (AvgIpc) is 2.53. The van der Waals surface area contributed by atoms with Crippen molar-refractivity contribution in [3.8, 4) is 0 Å². The molecular formula is C17H23N3. The highest BCUT2D eigenvalue weighted by Gasteiger charge is 2.20. The second kappa shape index (κ2) is 6.33. The lowest BCUT2D eigenvalue weighted by atomic mass is 10.0. The Bertz CT molecular complexity index is 556. The molecular weight excluding hydrogens is 246 g/mol. The molecule has 106 valence electrons. The zero-order chi connectivity index (χ0) is 13.8. The van der Waals surface area contributed by atoms with E-state index >= 15 is 0 Å². The first-order chi connectivity index (χ1) is 9.88. The molecule has 1 saturated heterocycles. The fourth-order valence-electron chi connectivity index (χ4n) is 3.16. The van der Waals surface area contributed by atoms with Gasteiger partial charge in [-0.3, -0.25) is 9.88 Å². The smallest absolute Gasteiger partial charge is 0.0746 e. The van der Waals surface area contributed by atoms with Crippen LogP contribution in [0.5, 0.6) is 0 Å². The van der Waals surface area contributed by atoms with Crippen molar-refractivity contribution in [1.29, 1.82) is 0 Å². The first kappa shape index (κ1) is 13.5. The van der Waals surface area contributed by atoms with Crippen LogP contribution in [-0.2, 0) is 6.54 Å². The van der Waals surface area contributed by atoms with Gasteiger partial charge in [0.1, 0.15) is 0 Å². The SMILES string of the molecule is CCN(Cc1cccc2cccnc12)C1CCCNC1. The van der Waals surface area contributed by atoms with Crippen LogP contribution in [0.3, 0.4) is 0 Å². The monoisotopic (exact) mass is 269 g/mol. The third-order valence-electron chi connectivity index (χ3n) is 4.28. The first-order valence-corrected chi connectivity index (χ1v) is 7.66. The number of likely N-dealkylation sites (N-methyl/N-ethyl adjacent to an activating group) is 1. The molecule has 0 spiro atoms. The Kier molecular flexibility index (Phi) is 4.28. The molecule has 0 radical (unpaired) electrons. The Balaban J connectivity index is 1.83. The van der Waals surface area contributed by atoms with Crippen molar-refractivity contribution in [3.05, 3.63) is 42.1 Å². The molecule has 0 amide bonds. The third kappa shape index (κ3) is 2.84. The number of rotatable bonds is 4. The Morgan fingerprint density at radius 2 is 2.20 bits per heavy atom. The van der Waals surface area contributed by atoms with Crippen molar-refractivity contribution in [2.45, 2.75) is 32.4 Å². The number of benzene rings is 1.